The summed E-state index contributed by atoms with van der Waals surface area (Å²) in [7, 11) is 0. The molecule has 2 unspecified atom stereocenters. The molecule has 0 aliphatic carbocycles. The van der Waals surface area contributed by atoms with Crippen molar-refractivity contribution in [3.8, 4) is 0 Å². The highest BCUT2D eigenvalue weighted by molar-refractivity contribution is 7.81. The molecule has 0 amide bonds. The zero-order chi connectivity index (χ0) is 6.57. The molecule has 0 nitrogen and oxygen atoms in total. The van der Waals surface area contributed by atoms with Crippen molar-refractivity contribution in [3.05, 3.63) is 0 Å². The van der Waals surface area contributed by atoms with Crippen molar-refractivity contribution in [1.82, 2.24) is 0 Å². The third-order valence-electron chi connectivity index (χ3n) is 1.24. The Morgan fingerprint density at radius 2 is 2.25 bits per heavy atom. The first-order chi connectivity index (χ1) is 3.72. The molecule has 0 fully saturated rings. The van der Waals surface area contributed by atoms with Gasteiger partial charge >= 0.3 is 0 Å². The Morgan fingerprint density at radius 3 is 2.38 bits per heavy atom. The van der Waals surface area contributed by atoms with Gasteiger partial charge in [-0.2, -0.15) is 12.6 Å². The molecule has 0 radical (unpaired) electrons. The van der Waals surface area contributed by atoms with Crippen LogP contribution < -0.4 is 0 Å². The van der Waals surface area contributed by atoms with Crippen LogP contribution >= 0.6 is 24.8 Å². The molecule has 0 N–H and O–H groups in total. The highest BCUT2D eigenvalue weighted by Crippen LogP contribution is 2.10. The van der Waals surface area contributed by atoms with E-state index in [0.29, 0.717) is 11.2 Å². The number of rotatable bonds is 3. The maximum atomic E-state index is 4.74. The molecule has 0 heterocycles. The summed E-state index contributed by atoms with van der Waals surface area (Å²) in [5.41, 5.74) is 0. The second-order valence-corrected chi connectivity index (χ2v) is 2.91. The van der Waals surface area contributed by atoms with Gasteiger partial charge in [-0.3, -0.25) is 0 Å². The van der Waals surface area contributed by atoms with Gasteiger partial charge in [-0.05, 0) is 17.7 Å². The minimum atomic E-state index is 0.451. The molecule has 0 aromatic carbocycles. The van der Waals surface area contributed by atoms with Gasteiger partial charge in [0.05, 0.1) is 0 Å². The Labute approximate surface area is 62.1 Å². The Bertz CT molecular complexity index is 70.9. The second-order valence-electron chi connectivity index (χ2n) is 1.97. The fourth-order valence-corrected chi connectivity index (χ4v) is 0.855. The Hall–Kier alpha value is 0.440. The van der Waals surface area contributed by atoms with E-state index in [-0.39, 0.29) is 0 Å². The topological polar surface area (TPSA) is 0 Å². The lowest BCUT2D eigenvalue weighted by molar-refractivity contribution is 0.708. The van der Waals surface area contributed by atoms with Gasteiger partial charge < -0.3 is 0 Å². The predicted molar refractivity (Wildman–Crippen MR) is 45.9 cm³/mol. The van der Waals surface area contributed by atoms with Crippen molar-refractivity contribution in [1.29, 1.82) is 0 Å². The lowest BCUT2D eigenvalue weighted by Crippen LogP contribution is -2.09. The van der Waals surface area contributed by atoms with E-state index in [1.807, 2.05) is 0 Å². The zero-order valence-electron chi connectivity index (χ0n) is 5.29. The average molecular weight is 148 g/mol. The van der Waals surface area contributed by atoms with E-state index in [9.17, 15) is 0 Å². The van der Waals surface area contributed by atoms with Crippen LogP contribution in [0.25, 0.3) is 0 Å². The fraction of sp³-hybridized carbons (Fsp3) is 0.833. The van der Waals surface area contributed by atoms with Crippen molar-refractivity contribution in [3.63, 3.8) is 0 Å². The molecule has 0 aromatic heterocycles. The third kappa shape index (κ3) is 2.68. The molecule has 0 aromatic rings. The quantitative estimate of drug-likeness (QED) is 0.473. The number of hydrogen-bond donors (Lipinski definition) is 1. The number of thiol groups is 1. The molecule has 0 saturated carbocycles. The van der Waals surface area contributed by atoms with Crippen LogP contribution in [0.5, 0.6) is 0 Å². The molecular weight excluding hydrogens is 136 g/mol. The predicted octanol–water partition coefficient (Wildman–Crippen LogP) is 2.33. The van der Waals surface area contributed by atoms with E-state index in [1.54, 1.807) is 5.37 Å². The van der Waals surface area contributed by atoms with Gasteiger partial charge in [-0.1, -0.05) is 26.1 Å². The van der Waals surface area contributed by atoms with Gasteiger partial charge in [0.2, 0.25) is 0 Å². The van der Waals surface area contributed by atoms with Crippen LogP contribution in [0.15, 0.2) is 0 Å². The first kappa shape index (κ1) is 8.44. The molecule has 0 spiro atoms. The third-order valence-corrected chi connectivity index (χ3v) is 2.50. The van der Waals surface area contributed by atoms with E-state index in [2.05, 4.69) is 26.5 Å². The van der Waals surface area contributed by atoms with Gasteiger partial charge in [-0.15, -0.1) is 0 Å². The second kappa shape index (κ2) is 4.33. The molecule has 0 rings (SSSR count). The normalized spacial score (nSPS) is 17.4. The van der Waals surface area contributed by atoms with Crippen molar-refractivity contribution in [2.45, 2.75) is 25.5 Å². The summed E-state index contributed by atoms with van der Waals surface area (Å²) in [6.07, 6.45) is 1.09. The Kier molecular flexibility index (Phi) is 4.57. The molecule has 0 aliphatic rings. The maximum absolute atomic E-state index is 4.74. The fourth-order valence-electron chi connectivity index (χ4n) is 0.462. The molecule has 2 atom stereocenters. The van der Waals surface area contributed by atoms with Gasteiger partial charge in [0.15, 0.2) is 0 Å². The standard InChI is InChI=1S/C6H12S2/c1-3-6(8)5(2)4-7/h4-6,8H,3H2,1-2H3. The molecule has 8 heavy (non-hydrogen) atoms. The summed E-state index contributed by atoms with van der Waals surface area (Å²) in [4.78, 5) is 0. The smallest absolute Gasteiger partial charge is 0.00825 e. The van der Waals surface area contributed by atoms with Gasteiger partial charge in [0.1, 0.15) is 0 Å². The molecular formula is C6H12S2. The Balaban J connectivity index is 3.44. The monoisotopic (exact) mass is 148 g/mol. The minimum Gasteiger partial charge on any atom is -0.175 e. The minimum absolute atomic E-state index is 0.451. The summed E-state index contributed by atoms with van der Waals surface area (Å²) in [6, 6.07) is 0. The summed E-state index contributed by atoms with van der Waals surface area (Å²) in [5.74, 6) is 0.471. The van der Waals surface area contributed by atoms with Crippen molar-refractivity contribution in [2.75, 3.05) is 0 Å². The van der Waals surface area contributed by atoms with Crippen LogP contribution in [0.4, 0.5) is 0 Å². The van der Waals surface area contributed by atoms with Gasteiger partial charge in [0.25, 0.3) is 0 Å². The molecule has 0 bridgehead atoms. The van der Waals surface area contributed by atoms with Crippen LogP contribution in [0.3, 0.4) is 0 Å². The van der Waals surface area contributed by atoms with Crippen LogP contribution in [0.2, 0.25) is 0 Å². The van der Waals surface area contributed by atoms with E-state index in [1.165, 1.54) is 0 Å². The summed E-state index contributed by atoms with van der Waals surface area (Å²) in [5, 5.41) is 2.23. The van der Waals surface area contributed by atoms with Crippen LogP contribution in [0, 0.1) is 5.92 Å². The molecule has 0 aliphatic heterocycles. The van der Waals surface area contributed by atoms with Crippen molar-refractivity contribution < 1.29 is 0 Å². The van der Waals surface area contributed by atoms with E-state index in [0.717, 1.165) is 6.42 Å². The zero-order valence-corrected chi connectivity index (χ0v) is 7.01. The number of hydrogen-bond acceptors (Lipinski definition) is 2. The highest BCUT2D eigenvalue weighted by Gasteiger charge is 2.05. The highest BCUT2D eigenvalue weighted by atomic mass is 32.1. The maximum Gasteiger partial charge on any atom is 0.00825 e. The van der Waals surface area contributed by atoms with Gasteiger partial charge in [0, 0.05) is 5.25 Å². The van der Waals surface area contributed by atoms with Gasteiger partial charge in [-0.25, -0.2) is 0 Å². The lowest BCUT2D eigenvalue weighted by atomic mass is 10.1. The summed E-state index contributed by atoms with van der Waals surface area (Å²) in [6.45, 7) is 4.21. The Morgan fingerprint density at radius 1 is 1.75 bits per heavy atom. The first-order valence-corrected chi connectivity index (χ1v) is 3.84. The van der Waals surface area contributed by atoms with E-state index >= 15 is 0 Å². The van der Waals surface area contributed by atoms with E-state index < -0.39 is 0 Å². The van der Waals surface area contributed by atoms with Crippen LogP contribution in [-0.2, 0) is 0 Å². The molecule has 2 heteroatoms. The average Bonchev–Trinajstić information content (AvgIpc) is 1.84. The molecule has 0 saturated heterocycles. The lowest BCUT2D eigenvalue weighted by Gasteiger charge is -2.10. The SMILES string of the molecule is CCC(S)C(C)C=S. The summed E-state index contributed by atoms with van der Waals surface area (Å²) >= 11 is 9.05. The van der Waals surface area contributed by atoms with Crippen LogP contribution in [-0.4, -0.2) is 10.6 Å². The number of thiocarbonyl (C=S) groups is 1. The molecule has 48 valence electrons. The first-order valence-electron chi connectivity index (χ1n) is 2.85. The largest absolute Gasteiger partial charge is 0.175 e. The van der Waals surface area contributed by atoms with E-state index in [4.69, 9.17) is 12.2 Å². The summed E-state index contributed by atoms with van der Waals surface area (Å²) < 4.78 is 0. The van der Waals surface area contributed by atoms with Crippen molar-refractivity contribution >= 4 is 30.2 Å². The van der Waals surface area contributed by atoms with Crippen molar-refractivity contribution in [2.24, 2.45) is 5.92 Å². The van der Waals surface area contributed by atoms with Crippen LogP contribution in [0.1, 0.15) is 20.3 Å².